The van der Waals surface area contributed by atoms with Crippen molar-refractivity contribution in [3.05, 3.63) is 35.6 Å². The van der Waals surface area contributed by atoms with Crippen molar-refractivity contribution in [3.63, 3.8) is 0 Å². The van der Waals surface area contributed by atoms with Crippen LogP contribution in [0.2, 0.25) is 0 Å². The van der Waals surface area contributed by atoms with Gasteiger partial charge in [-0.3, -0.25) is 14.5 Å². The first-order valence-electron chi connectivity index (χ1n) is 8.52. The van der Waals surface area contributed by atoms with Crippen molar-refractivity contribution in [1.29, 1.82) is 0 Å². The number of hydrogen-bond donors (Lipinski definition) is 0. The van der Waals surface area contributed by atoms with Crippen LogP contribution in [0, 0.1) is 5.82 Å². The predicted octanol–water partition coefficient (Wildman–Crippen LogP) is 1.55. The van der Waals surface area contributed by atoms with Crippen LogP contribution in [-0.2, 0) is 14.3 Å². The molecule has 0 saturated carbocycles. The first-order valence-corrected chi connectivity index (χ1v) is 8.52. The lowest BCUT2D eigenvalue weighted by Crippen LogP contribution is -2.39. The summed E-state index contributed by atoms with van der Waals surface area (Å²) in [6.45, 7) is 4.95. The van der Waals surface area contributed by atoms with Gasteiger partial charge in [0.1, 0.15) is 5.82 Å². The Kier molecular flexibility index (Phi) is 7.81. The van der Waals surface area contributed by atoms with Crippen LogP contribution >= 0.6 is 0 Å². The van der Waals surface area contributed by atoms with E-state index in [1.54, 1.807) is 4.90 Å². The van der Waals surface area contributed by atoms with Gasteiger partial charge in [0.25, 0.3) is 5.91 Å². The number of ether oxygens (including phenoxy) is 2. The van der Waals surface area contributed by atoms with E-state index in [-0.39, 0.29) is 30.7 Å². The van der Waals surface area contributed by atoms with Crippen LogP contribution in [0.15, 0.2) is 24.3 Å². The van der Waals surface area contributed by atoms with E-state index in [0.29, 0.717) is 12.1 Å². The monoisotopic (exact) mass is 352 g/mol. The van der Waals surface area contributed by atoms with Gasteiger partial charge >= 0.3 is 5.97 Å². The Morgan fingerprint density at radius 3 is 2.52 bits per heavy atom. The lowest BCUT2D eigenvalue weighted by atomic mass is 10.2. The first-order chi connectivity index (χ1) is 12.1. The van der Waals surface area contributed by atoms with E-state index in [1.807, 2.05) is 0 Å². The lowest BCUT2D eigenvalue weighted by Gasteiger charge is -2.28. The van der Waals surface area contributed by atoms with E-state index in [4.69, 9.17) is 4.74 Å². The number of carbonyl (C=O) groups excluding carboxylic acids is 2. The minimum Gasteiger partial charge on any atom is -0.469 e. The van der Waals surface area contributed by atoms with Gasteiger partial charge < -0.3 is 14.4 Å². The molecular weight excluding hydrogens is 327 g/mol. The average molecular weight is 352 g/mol. The van der Waals surface area contributed by atoms with Gasteiger partial charge in [0.2, 0.25) is 0 Å². The Morgan fingerprint density at radius 2 is 1.88 bits per heavy atom. The molecule has 2 rings (SSSR count). The molecule has 1 amide bonds. The van der Waals surface area contributed by atoms with Crippen LogP contribution in [0.25, 0.3) is 0 Å². The molecule has 1 aliphatic rings. The Morgan fingerprint density at radius 1 is 1.20 bits per heavy atom. The number of morpholine rings is 1. The molecule has 7 heteroatoms. The SMILES string of the molecule is COC(=O)CCN(CCCN1CCOCC1)C(=O)c1ccc(F)cc1. The maximum absolute atomic E-state index is 13.1. The van der Waals surface area contributed by atoms with Crippen molar-refractivity contribution in [2.45, 2.75) is 12.8 Å². The smallest absolute Gasteiger partial charge is 0.307 e. The number of nitrogens with zero attached hydrogens (tertiary/aromatic N) is 2. The van der Waals surface area contributed by atoms with E-state index < -0.39 is 0 Å². The Labute approximate surface area is 147 Å². The molecule has 0 atom stereocenters. The lowest BCUT2D eigenvalue weighted by molar-refractivity contribution is -0.140. The Balaban J connectivity index is 1.92. The summed E-state index contributed by atoms with van der Waals surface area (Å²) < 4.78 is 23.0. The molecule has 1 heterocycles. The van der Waals surface area contributed by atoms with Crippen LogP contribution in [0.3, 0.4) is 0 Å². The summed E-state index contributed by atoms with van der Waals surface area (Å²) in [5.41, 5.74) is 0.414. The molecule has 0 radical (unpaired) electrons. The molecule has 1 aromatic rings. The van der Waals surface area contributed by atoms with Crippen LogP contribution in [0.4, 0.5) is 4.39 Å². The molecule has 0 aliphatic carbocycles. The molecule has 1 aromatic carbocycles. The zero-order chi connectivity index (χ0) is 18.1. The largest absolute Gasteiger partial charge is 0.469 e. The van der Waals surface area contributed by atoms with Crippen LogP contribution < -0.4 is 0 Å². The van der Waals surface area contributed by atoms with Crippen molar-refractivity contribution in [1.82, 2.24) is 9.80 Å². The van der Waals surface area contributed by atoms with Crippen LogP contribution in [0.5, 0.6) is 0 Å². The van der Waals surface area contributed by atoms with Gasteiger partial charge in [0.15, 0.2) is 0 Å². The van der Waals surface area contributed by atoms with E-state index >= 15 is 0 Å². The topological polar surface area (TPSA) is 59.1 Å². The highest BCUT2D eigenvalue weighted by atomic mass is 19.1. The number of hydrogen-bond acceptors (Lipinski definition) is 5. The second kappa shape index (κ2) is 10.1. The average Bonchev–Trinajstić information content (AvgIpc) is 2.65. The summed E-state index contributed by atoms with van der Waals surface area (Å²) >= 11 is 0. The maximum atomic E-state index is 13.1. The minimum absolute atomic E-state index is 0.140. The number of halogens is 1. The highest BCUT2D eigenvalue weighted by Gasteiger charge is 2.18. The van der Waals surface area contributed by atoms with Crippen molar-refractivity contribution in [2.75, 3.05) is 53.0 Å². The van der Waals surface area contributed by atoms with E-state index in [9.17, 15) is 14.0 Å². The van der Waals surface area contributed by atoms with Gasteiger partial charge in [-0.25, -0.2) is 4.39 Å². The summed E-state index contributed by atoms with van der Waals surface area (Å²) in [7, 11) is 1.33. The maximum Gasteiger partial charge on any atom is 0.307 e. The molecular formula is C18H25FN2O4. The summed E-state index contributed by atoms with van der Waals surface area (Å²) in [4.78, 5) is 28.0. The van der Waals surface area contributed by atoms with Crippen LogP contribution in [0.1, 0.15) is 23.2 Å². The fourth-order valence-electron chi connectivity index (χ4n) is 2.73. The quantitative estimate of drug-likeness (QED) is 0.665. The molecule has 6 nitrogen and oxygen atoms in total. The summed E-state index contributed by atoms with van der Waals surface area (Å²) in [6, 6.07) is 5.45. The standard InChI is InChI=1S/C18H25FN2O4/c1-24-17(22)7-10-21(9-2-8-20-11-13-25-14-12-20)18(23)15-3-5-16(19)6-4-15/h3-6H,2,7-14H2,1H3. The van der Waals surface area contributed by atoms with Crippen LogP contribution in [-0.4, -0.2) is 74.7 Å². The number of amides is 1. The van der Waals surface area contributed by atoms with Gasteiger partial charge in [-0.1, -0.05) is 0 Å². The van der Waals surface area contributed by atoms with Crippen molar-refractivity contribution in [2.24, 2.45) is 0 Å². The van der Waals surface area contributed by atoms with Gasteiger partial charge in [0.05, 0.1) is 26.7 Å². The van der Waals surface area contributed by atoms with Crippen molar-refractivity contribution >= 4 is 11.9 Å². The first kappa shape index (κ1) is 19.3. The van der Waals surface area contributed by atoms with Gasteiger partial charge in [-0.2, -0.15) is 0 Å². The summed E-state index contributed by atoms with van der Waals surface area (Å²) in [5.74, 6) is -0.944. The number of rotatable bonds is 8. The zero-order valence-corrected chi connectivity index (χ0v) is 14.6. The summed E-state index contributed by atoms with van der Waals surface area (Å²) in [6.07, 6.45) is 0.940. The number of esters is 1. The molecule has 0 aromatic heterocycles. The Hall–Kier alpha value is -1.99. The third kappa shape index (κ3) is 6.43. The molecule has 1 aliphatic heterocycles. The van der Waals surface area contributed by atoms with Gasteiger partial charge in [0, 0.05) is 38.3 Å². The van der Waals surface area contributed by atoms with E-state index in [1.165, 1.54) is 31.4 Å². The second-order valence-corrected chi connectivity index (χ2v) is 5.93. The molecule has 0 bridgehead atoms. The predicted molar refractivity (Wildman–Crippen MR) is 90.8 cm³/mol. The number of methoxy groups -OCH3 is 1. The normalized spacial score (nSPS) is 15.0. The molecule has 0 unspecified atom stereocenters. The van der Waals surface area contributed by atoms with Gasteiger partial charge in [-0.15, -0.1) is 0 Å². The fraction of sp³-hybridized carbons (Fsp3) is 0.556. The molecule has 25 heavy (non-hydrogen) atoms. The molecule has 0 N–H and O–H groups in total. The molecule has 1 fully saturated rings. The van der Waals surface area contributed by atoms with Crippen molar-refractivity contribution < 1.29 is 23.5 Å². The molecule has 1 saturated heterocycles. The van der Waals surface area contributed by atoms with E-state index in [0.717, 1.165) is 39.3 Å². The number of carbonyl (C=O) groups is 2. The third-order valence-electron chi connectivity index (χ3n) is 4.20. The molecule has 0 spiro atoms. The van der Waals surface area contributed by atoms with Gasteiger partial charge in [-0.05, 0) is 30.7 Å². The highest BCUT2D eigenvalue weighted by Crippen LogP contribution is 2.09. The molecule has 138 valence electrons. The third-order valence-corrected chi connectivity index (χ3v) is 4.20. The zero-order valence-electron chi connectivity index (χ0n) is 14.6. The number of benzene rings is 1. The Bertz CT molecular complexity index is 559. The van der Waals surface area contributed by atoms with Crippen molar-refractivity contribution in [3.8, 4) is 0 Å². The fourth-order valence-corrected chi connectivity index (χ4v) is 2.73. The van der Waals surface area contributed by atoms with E-state index in [2.05, 4.69) is 9.64 Å². The summed E-state index contributed by atoms with van der Waals surface area (Å²) in [5, 5.41) is 0. The highest BCUT2D eigenvalue weighted by molar-refractivity contribution is 5.94. The second-order valence-electron chi connectivity index (χ2n) is 5.93. The minimum atomic E-state index is -0.384.